The highest BCUT2D eigenvalue weighted by Crippen LogP contribution is 2.28. The molecule has 0 bridgehead atoms. The third-order valence-electron chi connectivity index (χ3n) is 4.90. The molecule has 142 valence electrons. The molecule has 1 aliphatic heterocycles. The van der Waals surface area contributed by atoms with Crippen LogP contribution >= 0.6 is 11.3 Å². The normalized spacial score (nSPS) is 16.7. The number of benzene rings is 1. The van der Waals surface area contributed by atoms with Crippen LogP contribution < -0.4 is 9.46 Å². The lowest BCUT2D eigenvalue weighted by Gasteiger charge is -2.27. The van der Waals surface area contributed by atoms with Crippen molar-refractivity contribution < 1.29 is 13.2 Å². The van der Waals surface area contributed by atoms with Gasteiger partial charge >= 0.3 is 0 Å². The van der Waals surface area contributed by atoms with E-state index in [2.05, 4.69) is 21.1 Å². The number of aryl methyl sites for hydroxylation is 1. The van der Waals surface area contributed by atoms with Crippen LogP contribution in [0.5, 0.6) is 5.75 Å². The molecule has 26 heavy (non-hydrogen) atoms. The first-order chi connectivity index (χ1) is 12.5. The zero-order valence-corrected chi connectivity index (χ0v) is 16.9. The molecule has 1 aromatic carbocycles. The van der Waals surface area contributed by atoms with Gasteiger partial charge in [0, 0.05) is 12.6 Å². The van der Waals surface area contributed by atoms with Gasteiger partial charge in [0.05, 0.1) is 7.11 Å². The first kappa shape index (κ1) is 19.4. The van der Waals surface area contributed by atoms with Crippen LogP contribution in [0.3, 0.4) is 0 Å². The minimum absolute atomic E-state index is 0.0684. The maximum atomic E-state index is 13.0. The molecule has 5 nitrogen and oxygen atoms in total. The Bertz CT molecular complexity index is 813. The number of nitrogens with one attached hydrogen (secondary N) is 1. The lowest BCUT2D eigenvalue weighted by molar-refractivity contribution is 0.247. The largest absolute Gasteiger partial charge is 0.495 e. The molecule has 0 aliphatic carbocycles. The van der Waals surface area contributed by atoms with Gasteiger partial charge in [-0.15, -0.1) is 0 Å². The number of nitrogens with zero attached hydrogens (tertiary/aromatic N) is 1. The molecule has 1 saturated heterocycles. The lowest BCUT2D eigenvalue weighted by Crippen LogP contribution is -2.36. The van der Waals surface area contributed by atoms with Crippen LogP contribution in [0, 0.1) is 0 Å². The van der Waals surface area contributed by atoms with E-state index in [0.29, 0.717) is 12.3 Å². The van der Waals surface area contributed by atoms with Gasteiger partial charge in [-0.2, -0.15) is 11.3 Å². The summed E-state index contributed by atoms with van der Waals surface area (Å²) in [4.78, 5) is 2.58. The summed E-state index contributed by atoms with van der Waals surface area (Å²) in [5.41, 5.74) is 2.15. The van der Waals surface area contributed by atoms with Crippen molar-refractivity contribution in [3.8, 4) is 5.75 Å². The quantitative estimate of drug-likeness (QED) is 0.745. The minimum atomic E-state index is -3.65. The highest BCUT2D eigenvalue weighted by molar-refractivity contribution is 7.89. The van der Waals surface area contributed by atoms with Gasteiger partial charge in [-0.05, 0) is 72.4 Å². The van der Waals surface area contributed by atoms with Crippen molar-refractivity contribution >= 4 is 21.4 Å². The molecule has 0 radical (unpaired) electrons. The molecule has 1 atom stereocenters. The first-order valence-electron chi connectivity index (χ1n) is 8.98. The van der Waals surface area contributed by atoms with Gasteiger partial charge in [0.25, 0.3) is 0 Å². The molecule has 0 saturated carbocycles. The summed E-state index contributed by atoms with van der Waals surface area (Å²) < 4.78 is 34.0. The van der Waals surface area contributed by atoms with Crippen molar-refractivity contribution in [2.75, 3.05) is 26.7 Å². The molecule has 0 amide bonds. The van der Waals surface area contributed by atoms with Crippen LogP contribution in [0.25, 0.3) is 0 Å². The maximum Gasteiger partial charge on any atom is 0.244 e. The summed E-state index contributed by atoms with van der Waals surface area (Å²) in [6.07, 6.45) is 3.11. The van der Waals surface area contributed by atoms with Crippen molar-refractivity contribution in [2.45, 2.75) is 37.1 Å². The van der Waals surface area contributed by atoms with E-state index in [0.717, 1.165) is 25.1 Å². The van der Waals surface area contributed by atoms with E-state index >= 15 is 0 Å². The third-order valence-corrected chi connectivity index (χ3v) is 7.05. The summed E-state index contributed by atoms with van der Waals surface area (Å²) >= 11 is 1.64. The minimum Gasteiger partial charge on any atom is -0.495 e. The van der Waals surface area contributed by atoms with E-state index in [-0.39, 0.29) is 10.9 Å². The Hall–Kier alpha value is -1.41. The van der Waals surface area contributed by atoms with Crippen molar-refractivity contribution in [3.63, 3.8) is 0 Å². The zero-order valence-electron chi connectivity index (χ0n) is 15.3. The van der Waals surface area contributed by atoms with Gasteiger partial charge in [0.1, 0.15) is 10.6 Å². The second kappa shape index (κ2) is 8.52. The summed E-state index contributed by atoms with van der Waals surface area (Å²) in [6, 6.07) is 7.48. The highest BCUT2D eigenvalue weighted by Gasteiger charge is 2.27. The van der Waals surface area contributed by atoms with Gasteiger partial charge in [-0.25, -0.2) is 13.1 Å². The van der Waals surface area contributed by atoms with Crippen molar-refractivity contribution in [2.24, 2.45) is 0 Å². The van der Waals surface area contributed by atoms with Gasteiger partial charge in [-0.1, -0.05) is 13.0 Å². The van der Waals surface area contributed by atoms with E-state index in [4.69, 9.17) is 4.74 Å². The topological polar surface area (TPSA) is 58.6 Å². The number of likely N-dealkylation sites (tertiary alicyclic amines) is 1. The number of hydrogen-bond acceptors (Lipinski definition) is 5. The van der Waals surface area contributed by atoms with Crippen LogP contribution in [-0.2, 0) is 16.4 Å². The van der Waals surface area contributed by atoms with Crippen molar-refractivity contribution in [1.29, 1.82) is 0 Å². The van der Waals surface area contributed by atoms with Crippen LogP contribution in [0.2, 0.25) is 0 Å². The molecule has 2 aromatic rings. The second-order valence-corrected chi connectivity index (χ2v) is 9.02. The van der Waals surface area contributed by atoms with E-state index in [1.807, 2.05) is 18.4 Å². The molecule has 1 fully saturated rings. The van der Waals surface area contributed by atoms with E-state index in [1.165, 1.54) is 25.5 Å². The fraction of sp³-hybridized carbons (Fsp3) is 0.474. The number of ether oxygens (including phenoxy) is 1. The molecular formula is C19H26N2O3S2. The van der Waals surface area contributed by atoms with E-state index in [1.54, 1.807) is 23.5 Å². The van der Waals surface area contributed by atoms with Gasteiger partial charge in [-0.3, -0.25) is 4.90 Å². The summed E-state index contributed by atoms with van der Waals surface area (Å²) in [5.74, 6) is 0.378. The fourth-order valence-electron chi connectivity index (χ4n) is 3.39. The maximum absolute atomic E-state index is 13.0. The van der Waals surface area contributed by atoms with Crippen molar-refractivity contribution in [3.05, 3.63) is 46.2 Å². The van der Waals surface area contributed by atoms with E-state index in [9.17, 15) is 8.42 Å². The van der Waals surface area contributed by atoms with Gasteiger partial charge in [0.2, 0.25) is 10.0 Å². The molecule has 1 aromatic heterocycles. The zero-order chi connectivity index (χ0) is 18.6. The molecule has 0 spiro atoms. The first-order valence-corrected chi connectivity index (χ1v) is 11.4. The molecular weight excluding hydrogens is 368 g/mol. The Labute approximate surface area is 160 Å². The second-order valence-electron chi connectivity index (χ2n) is 6.51. The fourth-order valence-corrected chi connectivity index (χ4v) is 5.36. The smallest absolute Gasteiger partial charge is 0.244 e. The Morgan fingerprint density at radius 2 is 2.04 bits per heavy atom. The molecule has 1 aliphatic rings. The van der Waals surface area contributed by atoms with E-state index < -0.39 is 10.0 Å². The van der Waals surface area contributed by atoms with Crippen LogP contribution in [0.4, 0.5) is 0 Å². The van der Waals surface area contributed by atoms with Gasteiger partial charge in [0.15, 0.2) is 0 Å². The molecule has 1 N–H and O–H groups in total. The highest BCUT2D eigenvalue weighted by atomic mass is 32.2. The monoisotopic (exact) mass is 394 g/mol. The van der Waals surface area contributed by atoms with Gasteiger partial charge < -0.3 is 4.74 Å². The van der Waals surface area contributed by atoms with Crippen molar-refractivity contribution in [1.82, 2.24) is 9.62 Å². The Kier molecular flexibility index (Phi) is 6.34. The number of thiophene rings is 1. The van der Waals surface area contributed by atoms with Crippen LogP contribution in [0.15, 0.2) is 39.9 Å². The number of rotatable bonds is 8. The number of sulfonamides is 1. The van der Waals surface area contributed by atoms with Crippen LogP contribution in [0.1, 0.15) is 36.9 Å². The third kappa shape index (κ3) is 4.28. The Balaban J connectivity index is 1.82. The molecule has 7 heteroatoms. The number of hydrogen-bond donors (Lipinski definition) is 1. The predicted molar refractivity (Wildman–Crippen MR) is 105 cm³/mol. The summed E-state index contributed by atoms with van der Waals surface area (Å²) in [7, 11) is -2.15. The summed E-state index contributed by atoms with van der Waals surface area (Å²) in [5, 5.41) is 4.15. The standard InChI is InChI=1S/C19H26N2O3S2/c1-3-15-6-7-18(24-2)19(12-15)26(22,23)20-13-17(16-8-11-25-14-16)21-9-4-5-10-21/h6-8,11-12,14,17,20H,3-5,9-10,13H2,1-2H3. The predicted octanol–water partition coefficient (Wildman–Crippen LogP) is 3.43. The number of methoxy groups -OCH3 is 1. The molecule has 3 rings (SSSR count). The Morgan fingerprint density at radius 3 is 2.65 bits per heavy atom. The average Bonchev–Trinajstić information content (AvgIpc) is 3.35. The Morgan fingerprint density at radius 1 is 1.27 bits per heavy atom. The average molecular weight is 395 g/mol. The molecule has 1 unspecified atom stereocenters. The lowest BCUT2D eigenvalue weighted by atomic mass is 10.1. The summed E-state index contributed by atoms with van der Waals surface area (Å²) in [6.45, 7) is 4.39. The SMILES string of the molecule is CCc1ccc(OC)c(S(=O)(=O)NCC(c2ccsc2)N2CCCC2)c1. The van der Waals surface area contributed by atoms with Crippen LogP contribution in [-0.4, -0.2) is 40.1 Å². The molecule has 2 heterocycles.